The van der Waals surface area contributed by atoms with Crippen LogP contribution in [0.3, 0.4) is 0 Å². The summed E-state index contributed by atoms with van der Waals surface area (Å²) in [4.78, 5) is 2.37. The molecule has 0 spiro atoms. The number of rotatable bonds is 2. The van der Waals surface area contributed by atoms with Gasteiger partial charge in [0.1, 0.15) is 0 Å². The molecule has 1 N–H and O–H groups in total. The molecule has 0 aromatic carbocycles. The quantitative estimate of drug-likeness (QED) is 0.682. The number of hydrogen-bond donors (Lipinski definition) is 1. The molecule has 1 heterocycles. The van der Waals surface area contributed by atoms with Gasteiger partial charge in [0, 0.05) is 18.1 Å². The fourth-order valence-electron chi connectivity index (χ4n) is 1.70. The van der Waals surface area contributed by atoms with Crippen molar-refractivity contribution in [1.82, 2.24) is 4.90 Å². The maximum absolute atomic E-state index is 9.96. The summed E-state index contributed by atoms with van der Waals surface area (Å²) in [5.41, 5.74) is -0.730. The first-order valence-corrected chi connectivity index (χ1v) is 4.76. The predicted molar refractivity (Wildman–Crippen MR) is 51.2 cm³/mol. The van der Waals surface area contributed by atoms with Crippen LogP contribution in [0.1, 0.15) is 41.0 Å². The normalized spacial score (nSPS) is 27.0. The highest BCUT2D eigenvalue weighted by Gasteiger charge is 2.45. The number of aliphatic hydroxyl groups is 1. The van der Waals surface area contributed by atoms with Crippen molar-refractivity contribution < 1.29 is 5.11 Å². The van der Waals surface area contributed by atoms with E-state index in [0.29, 0.717) is 6.04 Å². The summed E-state index contributed by atoms with van der Waals surface area (Å²) in [5, 5.41) is 9.96. The third-order valence-corrected chi connectivity index (χ3v) is 3.54. The van der Waals surface area contributed by atoms with Gasteiger partial charge in [-0.25, -0.2) is 0 Å². The second-order valence-corrected chi connectivity index (χ2v) is 4.95. The maximum atomic E-state index is 9.96. The molecule has 0 aromatic heterocycles. The van der Waals surface area contributed by atoms with Gasteiger partial charge in [0.2, 0.25) is 0 Å². The molecule has 1 atom stereocenters. The van der Waals surface area contributed by atoms with E-state index in [1.54, 1.807) is 0 Å². The van der Waals surface area contributed by atoms with Crippen LogP contribution >= 0.6 is 0 Å². The van der Waals surface area contributed by atoms with Crippen LogP contribution in [0.15, 0.2) is 0 Å². The summed E-state index contributed by atoms with van der Waals surface area (Å²) in [5.74, 6) is 0. The van der Waals surface area contributed by atoms with Gasteiger partial charge in [-0.2, -0.15) is 0 Å². The predicted octanol–water partition coefficient (Wildman–Crippen LogP) is 1.63. The van der Waals surface area contributed by atoms with Crippen molar-refractivity contribution in [3.8, 4) is 0 Å². The van der Waals surface area contributed by atoms with E-state index in [1.807, 2.05) is 13.8 Å². The molecule has 1 aliphatic heterocycles. The Balaban J connectivity index is 2.71. The Labute approximate surface area is 75.6 Å². The van der Waals surface area contributed by atoms with Gasteiger partial charge in [0.15, 0.2) is 0 Å². The lowest BCUT2D eigenvalue weighted by molar-refractivity contribution is -0.117. The van der Waals surface area contributed by atoms with Crippen molar-refractivity contribution in [2.45, 2.75) is 58.2 Å². The Kier molecular flexibility index (Phi) is 2.26. The number of hydrogen-bond acceptors (Lipinski definition) is 2. The van der Waals surface area contributed by atoms with Crippen LogP contribution in [0.25, 0.3) is 0 Å². The number of nitrogens with zero attached hydrogens (tertiary/aromatic N) is 1. The minimum absolute atomic E-state index is 0.106. The van der Waals surface area contributed by atoms with Crippen molar-refractivity contribution in [2.75, 3.05) is 6.54 Å². The van der Waals surface area contributed by atoms with Gasteiger partial charge in [-0.3, -0.25) is 4.90 Å². The SMILES string of the molecule is CC1CCN1C(C)(C)C(C)(C)O. The molecule has 2 nitrogen and oxygen atoms in total. The Morgan fingerprint density at radius 3 is 1.83 bits per heavy atom. The lowest BCUT2D eigenvalue weighted by Crippen LogP contribution is -2.65. The molecule has 0 bridgehead atoms. The first-order chi connectivity index (χ1) is 5.27. The van der Waals surface area contributed by atoms with Crippen LogP contribution in [-0.2, 0) is 0 Å². The lowest BCUT2D eigenvalue weighted by Gasteiger charge is -2.54. The van der Waals surface area contributed by atoms with E-state index in [4.69, 9.17) is 0 Å². The highest BCUT2D eigenvalue weighted by atomic mass is 16.3. The van der Waals surface area contributed by atoms with E-state index in [2.05, 4.69) is 25.7 Å². The van der Waals surface area contributed by atoms with Crippen LogP contribution < -0.4 is 0 Å². The standard InChI is InChI=1S/C10H21NO/c1-8-6-7-11(8)9(2,3)10(4,5)12/h8,12H,6-7H2,1-5H3. The first-order valence-electron chi connectivity index (χ1n) is 4.76. The molecular weight excluding hydrogens is 150 g/mol. The van der Waals surface area contributed by atoms with E-state index < -0.39 is 5.60 Å². The van der Waals surface area contributed by atoms with E-state index in [1.165, 1.54) is 6.42 Å². The summed E-state index contributed by atoms with van der Waals surface area (Å²) in [6.45, 7) is 11.3. The van der Waals surface area contributed by atoms with Crippen molar-refractivity contribution >= 4 is 0 Å². The van der Waals surface area contributed by atoms with Gasteiger partial charge in [0.05, 0.1) is 5.60 Å². The Hall–Kier alpha value is -0.0800. The third-order valence-electron chi connectivity index (χ3n) is 3.54. The molecule has 0 aliphatic carbocycles. The minimum Gasteiger partial charge on any atom is -0.389 e. The molecule has 1 saturated heterocycles. The molecule has 0 amide bonds. The monoisotopic (exact) mass is 171 g/mol. The molecule has 0 aromatic rings. The molecule has 12 heavy (non-hydrogen) atoms. The highest BCUT2D eigenvalue weighted by molar-refractivity contribution is 5.00. The van der Waals surface area contributed by atoms with Gasteiger partial charge in [0.25, 0.3) is 0 Å². The third kappa shape index (κ3) is 1.38. The Morgan fingerprint density at radius 2 is 1.75 bits per heavy atom. The number of likely N-dealkylation sites (tertiary alicyclic amines) is 1. The smallest absolute Gasteiger partial charge is 0.0769 e. The van der Waals surface area contributed by atoms with Gasteiger partial charge >= 0.3 is 0 Å². The summed E-state index contributed by atoms with van der Waals surface area (Å²) < 4.78 is 0. The van der Waals surface area contributed by atoms with Gasteiger partial charge < -0.3 is 5.11 Å². The zero-order valence-electron chi connectivity index (χ0n) is 8.89. The average molecular weight is 171 g/mol. The van der Waals surface area contributed by atoms with E-state index in [-0.39, 0.29) is 5.54 Å². The summed E-state index contributed by atoms with van der Waals surface area (Å²) >= 11 is 0. The zero-order chi connectivity index (χ0) is 9.57. The van der Waals surface area contributed by atoms with E-state index in [0.717, 1.165) is 6.54 Å². The van der Waals surface area contributed by atoms with Crippen LogP contribution in [0.5, 0.6) is 0 Å². The average Bonchev–Trinajstić information content (AvgIpc) is 1.81. The highest BCUT2D eigenvalue weighted by Crippen LogP contribution is 2.34. The minimum atomic E-state index is -0.623. The largest absolute Gasteiger partial charge is 0.389 e. The second kappa shape index (κ2) is 2.71. The van der Waals surface area contributed by atoms with E-state index >= 15 is 0 Å². The van der Waals surface area contributed by atoms with Crippen LogP contribution in [0, 0.1) is 0 Å². The lowest BCUT2D eigenvalue weighted by atomic mass is 9.80. The Bertz CT molecular complexity index is 169. The molecule has 1 rings (SSSR count). The summed E-state index contributed by atoms with van der Waals surface area (Å²) in [7, 11) is 0. The zero-order valence-corrected chi connectivity index (χ0v) is 8.89. The summed E-state index contributed by atoms with van der Waals surface area (Å²) in [6.07, 6.45) is 1.26. The first kappa shape index (κ1) is 10.0. The topological polar surface area (TPSA) is 23.5 Å². The van der Waals surface area contributed by atoms with Crippen molar-refractivity contribution in [1.29, 1.82) is 0 Å². The van der Waals surface area contributed by atoms with Crippen molar-refractivity contribution in [3.63, 3.8) is 0 Å². The van der Waals surface area contributed by atoms with Gasteiger partial charge in [-0.1, -0.05) is 0 Å². The molecule has 1 unspecified atom stereocenters. The van der Waals surface area contributed by atoms with Crippen LogP contribution in [0.2, 0.25) is 0 Å². The molecule has 1 fully saturated rings. The molecule has 2 heteroatoms. The van der Waals surface area contributed by atoms with Gasteiger partial charge in [-0.05, 0) is 41.0 Å². The summed E-state index contributed by atoms with van der Waals surface area (Å²) in [6, 6.07) is 0.631. The fourth-order valence-corrected chi connectivity index (χ4v) is 1.70. The van der Waals surface area contributed by atoms with Gasteiger partial charge in [-0.15, -0.1) is 0 Å². The van der Waals surface area contributed by atoms with Crippen molar-refractivity contribution in [2.24, 2.45) is 0 Å². The maximum Gasteiger partial charge on any atom is 0.0769 e. The van der Waals surface area contributed by atoms with Crippen molar-refractivity contribution in [3.05, 3.63) is 0 Å². The molecule has 0 saturated carbocycles. The van der Waals surface area contributed by atoms with Crippen LogP contribution in [-0.4, -0.2) is 33.7 Å². The fraction of sp³-hybridized carbons (Fsp3) is 1.00. The molecule has 72 valence electrons. The molecule has 0 radical (unpaired) electrons. The second-order valence-electron chi connectivity index (χ2n) is 4.95. The Morgan fingerprint density at radius 1 is 1.25 bits per heavy atom. The molecule has 1 aliphatic rings. The molecular formula is C10H21NO. The van der Waals surface area contributed by atoms with E-state index in [9.17, 15) is 5.11 Å². The van der Waals surface area contributed by atoms with Crippen LogP contribution in [0.4, 0.5) is 0 Å².